The van der Waals surface area contributed by atoms with Crippen LogP contribution in [-0.2, 0) is 37.0 Å². The lowest BCUT2D eigenvalue weighted by atomic mass is 9.90. The summed E-state index contributed by atoms with van der Waals surface area (Å²) in [5, 5.41) is 0. The zero-order chi connectivity index (χ0) is 17.2. The maximum absolute atomic E-state index is 12.5. The molecule has 1 aromatic carbocycles. The largest absolute Gasteiger partial charge is 0.334 e. The number of hydrogen-bond donors (Lipinski definition) is 0. The normalized spacial score (nSPS) is 19.2. The van der Waals surface area contributed by atoms with Gasteiger partial charge in [0.05, 0.1) is 11.2 Å². The minimum atomic E-state index is 0.0392. The first-order valence-electron chi connectivity index (χ1n) is 9.12. The average Bonchev–Trinajstić information content (AvgIpc) is 3.13. The third-order valence-electron chi connectivity index (χ3n) is 5.50. The molecule has 25 heavy (non-hydrogen) atoms. The Morgan fingerprint density at radius 2 is 2.08 bits per heavy atom. The van der Waals surface area contributed by atoms with Gasteiger partial charge in [-0.3, -0.25) is 4.79 Å². The van der Waals surface area contributed by atoms with Crippen LogP contribution in [0.3, 0.4) is 0 Å². The van der Waals surface area contributed by atoms with Gasteiger partial charge in [-0.1, -0.05) is 18.2 Å². The number of aromatic nitrogens is 1. The van der Waals surface area contributed by atoms with Crippen LogP contribution < -0.4 is 0 Å². The van der Waals surface area contributed by atoms with Crippen LogP contribution >= 0.6 is 22.9 Å². The fraction of sp³-hybridized carbons (Fsp3) is 0.500. The molecule has 1 atom stereocenters. The van der Waals surface area contributed by atoms with Crippen molar-refractivity contribution in [1.29, 1.82) is 0 Å². The Bertz CT molecular complexity index is 773. The SMILES string of the molecule is O=C(CCl)N(Cc1ccc2c(c1)CCCC2)C1CCc2ncsc2C1. The van der Waals surface area contributed by atoms with Crippen LogP contribution in [-0.4, -0.2) is 27.7 Å². The number of fused-ring (bicyclic) bond motifs is 2. The first kappa shape index (κ1) is 17.0. The smallest absolute Gasteiger partial charge is 0.238 e. The fourth-order valence-corrected chi connectivity index (χ4v) is 5.17. The third-order valence-corrected chi connectivity index (χ3v) is 6.63. The molecule has 1 heterocycles. The van der Waals surface area contributed by atoms with E-state index in [1.54, 1.807) is 11.3 Å². The van der Waals surface area contributed by atoms with Gasteiger partial charge in [-0.25, -0.2) is 4.98 Å². The van der Waals surface area contributed by atoms with Gasteiger partial charge >= 0.3 is 0 Å². The van der Waals surface area contributed by atoms with Crippen molar-refractivity contribution in [1.82, 2.24) is 9.88 Å². The van der Waals surface area contributed by atoms with Gasteiger partial charge in [0.2, 0.25) is 5.91 Å². The molecule has 4 rings (SSSR count). The second kappa shape index (κ2) is 7.46. The molecule has 2 aromatic rings. The lowest BCUT2D eigenvalue weighted by Gasteiger charge is -2.34. The van der Waals surface area contributed by atoms with E-state index in [1.807, 2.05) is 10.4 Å². The van der Waals surface area contributed by atoms with Crippen molar-refractivity contribution >= 4 is 28.8 Å². The highest BCUT2D eigenvalue weighted by Crippen LogP contribution is 2.29. The number of hydrogen-bond acceptors (Lipinski definition) is 3. The standard InChI is InChI=1S/C20H23ClN2OS/c21-11-20(24)23(17-7-8-18-19(10-17)25-13-22-18)12-14-5-6-15-3-1-2-4-16(15)9-14/h5-6,9,13,17H,1-4,7-8,10-12H2. The van der Waals surface area contributed by atoms with Crippen LogP contribution in [0.1, 0.15) is 46.5 Å². The van der Waals surface area contributed by atoms with E-state index in [4.69, 9.17) is 11.6 Å². The average molecular weight is 375 g/mol. The number of aryl methyl sites for hydroxylation is 3. The number of carbonyl (C=O) groups excluding carboxylic acids is 1. The molecule has 0 aliphatic heterocycles. The highest BCUT2D eigenvalue weighted by atomic mass is 35.5. The molecule has 0 bridgehead atoms. The monoisotopic (exact) mass is 374 g/mol. The Hall–Kier alpha value is -1.39. The van der Waals surface area contributed by atoms with Crippen molar-refractivity contribution in [2.45, 2.75) is 57.5 Å². The molecule has 0 spiro atoms. The number of halogens is 1. The summed E-state index contributed by atoms with van der Waals surface area (Å²) in [6.45, 7) is 0.664. The summed E-state index contributed by atoms with van der Waals surface area (Å²) in [5.74, 6) is 0.0918. The van der Waals surface area contributed by atoms with Crippen molar-refractivity contribution in [2.24, 2.45) is 0 Å². The van der Waals surface area contributed by atoms with E-state index >= 15 is 0 Å². The minimum absolute atomic E-state index is 0.0392. The topological polar surface area (TPSA) is 33.2 Å². The predicted octanol–water partition coefficient (Wildman–Crippen LogP) is 4.15. The molecular weight excluding hydrogens is 352 g/mol. The third kappa shape index (κ3) is 3.61. The molecule has 1 aromatic heterocycles. The number of carbonyl (C=O) groups is 1. The van der Waals surface area contributed by atoms with Crippen LogP contribution in [0.25, 0.3) is 0 Å². The molecule has 0 saturated heterocycles. The Kier molecular flexibility index (Phi) is 5.09. The Morgan fingerprint density at radius 3 is 2.92 bits per heavy atom. The van der Waals surface area contributed by atoms with Gasteiger partial charge in [0.25, 0.3) is 0 Å². The number of benzene rings is 1. The van der Waals surface area contributed by atoms with Crippen molar-refractivity contribution in [3.05, 3.63) is 51.0 Å². The highest BCUT2D eigenvalue weighted by molar-refractivity contribution is 7.09. The van der Waals surface area contributed by atoms with Crippen LogP contribution in [0.5, 0.6) is 0 Å². The maximum Gasteiger partial charge on any atom is 0.238 e. The molecule has 3 nitrogen and oxygen atoms in total. The summed E-state index contributed by atoms with van der Waals surface area (Å²) < 4.78 is 0. The zero-order valence-electron chi connectivity index (χ0n) is 14.3. The molecule has 132 valence electrons. The molecule has 0 fully saturated rings. The molecule has 0 saturated carbocycles. The summed E-state index contributed by atoms with van der Waals surface area (Å²) in [7, 11) is 0. The van der Waals surface area contributed by atoms with E-state index in [2.05, 4.69) is 23.2 Å². The molecule has 5 heteroatoms. The van der Waals surface area contributed by atoms with Gasteiger partial charge in [0.1, 0.15) is 5.88 Å². The quantitative estimate of drug-likeness (QED) is 0.753. The fourth-order valence-electron chi connectivity index (χ4n) is 4.13. The van der Waals surface area contributed by atoms with Gasteiger partial charge < -0.3 is 4.90 Å². The van der Waals surface area contributed by atoms with Crippen LogP contribution in [0.4, 0.5) is 0 Å². The number of alkyl halides is 1. The number of rotatable bonds is 4. The Balaban J connectivity index is 1.55. The molecule has 0 N–H and O–H groups in total. The number of thiazole rings is 1. The van der Waals surface area contributed by atoms with Gasteiger partial charge in [0.15, 0.2) is 0 Å². The molecule has 2 aliphatic rings. The molecular formula is C20H23ClN2OS. The van der Waals surface area contributed by atoms with Crippen molar-refractivity contribution in [3.8, 4) is 0 Å². The van der Waals surface area contributed by atoms with E-state index in [0.29, 0.717) is 6.54 Å². The number of nitrogens with zero attached hydrogens (tertiary/aromatic N) is 2. The minimum Gasteiger partial charge on any atom is -0.334 e. The summed E-state index contributed by atoms with van der Waals surface area (Å²) in [5.41, 5.74) is 7.32. The lowest BCUT2D eigenvalue weighted by Crippen LogP contribution is -2.43. The maximum atomic E-state index is 12.5. The van der Waals surface area contributed by atoms with Crippen LogP contribution in [0.2, 0.25) is 0 Å². The van der Waals surface area contributed by atoms with Gasteiger partial charge in [-0.05, 0) is 55.2 Å². The second-order valence-electron chi connectivity index (χ2n) is 7.08. The molecule has 2 aliphatic carbocycles. The van der Waals surface area contributed by atoms with Gasteiger partial charge in [0, 0.05) is 23.9 Å². The Morgan fingerprint density at radius 1 is 1.24 bits per heavy atom. The first-order valence-corrected chi connectivity index (χ1v) is 10.5. The first-order chi connectivity index (χ1) is 12.2. The summed E-state index contributed by atoms with van der Waals surface area (Å²) >= 11 is 7.63. The summed E-state index contributed by atoms with van der Waals surface area (Å²) in [6.07, 6.45) is 7.77. The van der Waals surface area contributed by atoms with Crippen LogP contribution in [0.15, 0.2) is 23.7 Å². The van der Waals surface area contributed by atoms with E-state index in [9.17, 15) is 4.79 Å². The highest BCUT2D eigenvalue weighted by Gasteiger charge is 2.29. The summed E-state index contributed by atoms with van der Waals surface area (Å²) in [6, 6.07) is 6.99. The number of amides is 1. The van der Waals surface area contributed by atoms with Crippen LogP contribution in [0, 0.1) is 0 Å². The van der Waals surface area contributed by atoms with Crippen molar-refractivity contribution < 1.29 is 4.79 Å². The van der Waals surface area contributed by atoms with E-state index < -0.39 is 0 Å². The molecule has 0 radical (unpaired) electrons. The Labute approximate surface area is 158 Å². The molecule has 1 unspecified atom stereocenters. The lowest BCUT2D eigenvalue weighted by molar-refractivity contribution is -0.131. The van der Waals surface area contributed by atoms with E-state index in [-0.39, 0.29) is 17.8 Å². The van der Waals surface area contributed by atoms with Crippen molar-refractivity contribution in [3.63, 3.8) is 0 Å². The van der Waals surface area contributed by atoms with E-state index in [0.717, 1.165) is 19.3 Å². The summed E-state index contributed by atoms with van der Waals surface area (Å²) in [4.78, 5) is 20.3. The zero-order valence-corrected chi connectivity index (χ0v) is 15.9. The van der Waals surface area contributed by atoms with Gasteiger partial charge in [-0.15, -0.1) is 22.9 Å². The predicted molar refractivity (Wildman–Crippen MR) is 102 cm³/mol. The molecule has 1 amide bonds. The van der Waals surface area contributed by atoms with E-state index in [1.165, 1.54) is 52.9 Å². The van der Waals surface area contributed by atoms with Gasteiger partial charge in [-0.2, -0.15) is 0 Å². The second-order valence-corrected chi connectivity index (χ2v) is 8.29. The van der Waals surface area contributed by atoms with Crippen molar-refractivity contribution in [2.75, 3.05) is 5.88 Å².